The molecule has 0 aliphatic heterocycles. The highest BCUT2D eigenvalue weighted by molar-refractivity contribution is 7.73. The summed E-state index contributed by atoms with van der Waals surface area (Å²) in [5.74, 6) is -0.915. The lowest BCUT2D eigenvalue weighted by Crippen LogP contribution is -2.12. The number of nitrogens with two attached hydrogens (primary N) is 1. The zero-order valence-electron chi connectivity index (χ0n) is 7.67. The van der Waals surface area contributed by atoms with E-state index in [1.54, 1.807) is 0 Å². The van der Waals surface area contributed by atoms with Crippen molar-refractivity contribution in [2.45, 2.75) is 0 Å². The SMILES string of the molecule is NC(=O)c1nc2nc(N[SH](=O)=O)ncc2[nH]1. The van der Waals surface area contributed by atoms with E-state index in [-0.39, 0.29) is 17.4 Å². The summed E-state index contributed by atoms with van der Waals surface area (Å²) in [6, 6.07) is 0. The molecule has 0 aliphatic carbocycles. The molecule has 16 heavy (non-hydrogen) atoms. The zero-order valence-corrected chi connectivity index (χ0v) is 8.56. The second-order valence-corrected chi connectivity index (χ2v) is 3.49. The number of nitrogens with one attached hydrogen (secondary N) is 2. The van der Waals surface area contributed by atoms with E-state index in [0.717, 1.165) is 0 Å². The van der Waals surface area contributed by atoms with Crippen molar-refractivity contribution in [1.29, 1.82) is 0 Å². The van der Waals surface area contributed by atoms with E-state index >= 15 is 0 Å². The Bertz CT molecular complexity index is 624. The molecule has 0 bridgehead atoms. The minimum absolute atomic E-state index is 0.0621. The largest absolute Gasteiger partial charge is 0.363 e. The summed E-state index contributed by atoms with van der Waals surface area (Å²) in [4.78, 5) is 24.6. The van der Waals surface area contributed by atoms with Crippen LogP contribution in [0, 0.1) is 0 Å². The third kappa shape index (κ3) is 1.91. The minimum atomic E-state index is -2.84. The number of hydrogen-bond acceptors (Lipinski definition) is 6. The molecule has 9 nitrogen and oxygen atoms in total. The Balaban J connectivity index is 2.49. The summed E-state index contributed by atoms with van der Waals surface area (Å²) in [5.41, 5.74) is 5.55. The Kier molecular flexibility index (Phi) is 2.40. The lowest BCUT2D eigenvalue weighted by Gasteiger charge is -1.94. The fourth-order valence-electron chi connectivity index (χ4n) is 1.06. The van der Waals surface area contributed by atoms with Gasteiger partial charge in [-0.2, -0.15) is 4.98 Å². The van der Waals surface area contributed by atoms with Gasteiger partial charge in [-0.1, -0.05) is 0 Å². The van der Waals surface area contributed by atoms with Gasteiger partial charge in [0.1, 0.15) is 5.52 Å². The zero-order chi connectivity index (χ0) is 11.7. The van der Waals surface area contributed by atoms with Crippen molar-refractivity contribution >= 4 is 33.9 Å². The Hall–Kier alpha value is -2.23. The van der Waals surface area contributed by atoms with Gasteiger partial charge in [0.05, 0.1) is 6.20 Å². The highest BCUT2D eigenvalue weighted by atomic mass is 32.2. The fourth-order valence-corrected chi connectivity index (χ4v) is 1.33. The quantitative estimate of drug-likeness (QED) is 0.476. The molecule has 0 fully saturated rings. The monoisotopic (exact) mass is 242 g/mol. The highest BCUT2D eigenvalue weighted by Gasteiger charge is 2.09. The Morgan fingerprint density at radius 2 is 2.19 bits per heavy atom. The first kappa shape index (κ1) is 10.3. The minimum Gasteiger partial charge on any atom is -0.363 e. The summed E-state index contributed by atoms with van der Waals surface area (Å²) in [5, 5.41) is 0. The maximum Gasteiger partial charge on any atom is 0.284 e. The predicted octanol–water partition coefficient (Wildman–Crippen LogP) is -1.61. The number of carbonyl (C=O) groups excluding carboxylic acids is 1. The van der Waals surface area contributed by atoms with E-state index in [1.165, 1.54) is 6.20 Å². The lowest BCUT2D eigenvalue weighted by molar-refractivity contribution is 0.0991. The molecule has 0 radical (unpaired) electrons. The number of nitrogens with zero attached hydrogens (tertiary/aromatic N) is 3. The number of amides is 1. The molecule has 84 valence electrons. The van der Waals surface area contributed by atoms with E-state index in [4.69, 9.17) is 5.73 Å². The third-order valence-electron chi connectivity index (χ3n) is 1.66. The van der Waals surface area contributed by atoms with Crippen molar-refractivity contribution in [2.24, 2.45) is 5.73 Å². The van der Waals surface area contributed by atoms with Crippen molar-refractivity contribution in [3.63, 3.8) is 0 Å². The van der Waals surface area contributed by atoms with Crippen LogP contribution in [-0.2, 0) is 10.9 Å². The predicted molar refractivity (Wildman–Crippen MR) is 54.1 cm³/mol. The van der Waals surface area contributed by atoms with Crippen molar-refractivity contribution in [3.05, 3.63) is 12.0 Å². The second-order valence-electron chi connectivity index (χ2n) is 2.75. The molecule has 2 rings (SSSR count). The molecule has 2 heterocycles. The van der Waals surface area contributed by atoms with Crippen molar-refractivity contribution < 1.29 is 13.2 Å². The van der Waals surface area contributed by atoms with Gasteiger partial charge in [-0.05, 0) is 0 Å². The van der Waals surface area contributed by atoms with Gasteiger partial charge in [-0.15, -0.1) is 0 Å². The fraction of sp³-hybridized carbons (Fsp3) is 0. The molecule has 1 amide bonds. The van der Waals surface area contributed by atoms with E-state index in [2.05, 4.69) is 19.9 Å². The van der Waals surface area contributed by atoms with E-state index in [9.17, 15) is 13.2 Å². The molecule has 2 aromatic rings. The number of primary amides is 1. The van der Waals surface area contributed by atoms with Gasteiger partial charge in [0.2, 0.25) is 16.8 Å². The van der Waals surface area contributed by atoms with Crippen molar-refractivity contribution in [1.82, 2.24) is 19.9 Å². The van der Waals surface area contributed by atoms with Crippen LogP contribution in [0.15, 0.2) is 6.20 Å². The van der Waals surface area contributed by atoms with Crippen molar-refractivity contribution in [3.8, 4) is 0 Å². The number of aromatic nitrogens is 4. The van der Waals surface area contributed by atoms with Crippen LogP contribution < -0.4 is 10.5 Å². The number of thiol groups is 1. The van der Waals surface area contributed by atoms with Crippen LogP contribution in [0.1, 0.15) is 10.6 Å². The molecule has 0 aromatic carbocycles. The number of anilines is 1. The van der Waals surface area contributed by atoms with E-state index in [1.807, 2.05) is 4.72 Å². The standard InChI is InChI=1S/C6H6N6O3S/c7-3(13)5-9-2-1-8-6(12-16(14)15)11-4(2)10-5/h1,16H,(H2,7,13)(H2,8,9,10,11,12,14,15). The first-order valence-electron chi connectivity index (χ1n) is 4.00. The molecule has 0 unspecified atom stereocenters. The topological polar surface area (TPSA) is 144 Å². The smallest absolute Gasteiger partial charge is 0.284 e. The lowest BCUT2D eigenvalue weighted by atomic mass is 10.6. The Morgan fingerprint density at radius 3 is 2.81 bits per heavy atom. The number of hydrogen-bond donors (Lipinski definition) is 4. The molecule has 10 heteroatoms. The molecule has 0 saturated heterocycles. The number of fused-ring (bicyclic) bond motifs is 1. The normalized spacial score (nSPS) is 10.8. The van der Waals surface area contributed by atoms with Crippen LogP contribution >= 0.6 is 0 Å². The van der Waals surface area contributed by atoms with Crippen LogP contribution in [0.25, 0.3) is 11.2 Å². The number of aromatic amines is 1. The number of rotatable bonds is 3. The average Bonchev–Trinajstić information content (AvgIpc) is 2.59. The third-order valence-corrected chi connectivity index (χ3v) is 2.05. The summed E-state index contributed by atoms with van der Waals surface area (Å²) in [6.07, 6.45) is 1.29. The summed E-state index contributed by atoms with van der Waals surface area (Å²) in [7, 11) is -2.84. The molecular weight excluding hydrogens is 236 g/mol. The van der Waals surface area contributed by atoms with Crippen molar-refractivity contribution in [2.75, 3.05) is 4.72 Å². The first-order chi connectivity index (χ1) is 7.56. The summed E-state index contributed by atoms with van der Waals surface area (Å²) in [6.45, 7) is 0. The Labute approximate surface area is 90.2 Å². The molecule has 0 atom stereocenters. The second kappa shape index (κ2) is 3.73. The Morgan fingerprint density at radius 1 is 1.44 bits per heavy atom. The van der Waals surface area contributed by atoms with Gasteiger partial charge in [0.15, 0.2) is 11.5 Å². The molecule has 0 saturated carbocycles. The molecule has 0 spiro atoms. The van der Waals surface area contributed by atoms with Crippen LogP contribution in [-0.4, -0.2) is 34.3 Å². The number of carbonyl (C=O) groups is 1. The summed E-state index contributed by atoms with van der Waals surface area (Å²) >= 11 is 0. The van der Waals surface area contributed by atoms with Gasteiger partial charge in [0, 0.05) is 0 Å². The average molecular weight is 242 g/mol. The van der Waals surface area contributed by atoms with Gasteiger partial charge in [0.25, 0.3) is 5.91 Å². The van der Waals surface area contributed by atoms with E-state index in [0.29, 0.717) is 5.52 Å². The molecule has 2 aromatic heterocycles. The van der Waals surface area contributed by atoms with Crippen LogP contribution in [0.2, 0.25) is 0 Å². The molecule has 4 N–H and O–H groups in total. The number of imidazole rings is 1. The van der Waals surface area contributed by atoms with Crippen LogP contribution in [0.4, 0.5) is 5.95 Å². The van der Waals surface area contributed by atoms with Gasteiger partial charge < -0.3 is 10.7 Å². The maximum atomic E-state index is 10.8. The van der Waals surface area contributed by atoms with Gasteiger partial charge in [-0.3, -0.25) is 9.52 Å². The molecule has 0 aliphatic rings. The van der Waals surface area contributed by atoms with Crippen LogP contribution in [0.5, 0.6) is 0 Å². The van der Waals surface area contributed by atoms with Crippen LogP contribution in [0.3, 0.4) is 0 Å². The number of H-pyrrole nitrogens is 1. The maximum absolute atomic E-state index is 10.8. The molecular formula is C6H6N6O3S. The van der Waals surface area contributed by atoms with E-state index < -0.39 is 16.8 Å². The first-order valence-corrected chi connectivity index (χ1v) is 5.17. The van der Waals surface area contributed by atoms with Gasteiger partial charge >= 0.3 is 0 Å². The van der Waals surface area contributed by atoms with Gasteiger partial charge in [-0.25, -0.2) is 18.4 Å². The highest BCUT2D eigenvalue weighted by Crippen LogP contribution is 2.09. The summed E-state index contributed by atoms with van der Waals surface area (Å²) < 4.78 is 22.7.